The predicted octanol–water partition coefficient (Wildman–Crippen LogP) is 1.40. The minimum absolute atomic E-state index is 0.995. The summed E-state index contributed by atoms with van der Waals surface area (Å²) in [5, 5.41) is 0. The standard InChI is InChI=1S/C14H19N3/c1-15-8-10-17(11-9-15)14-5-7-16-6-3-2-4-13(16)12-14/h2-5,7,12H,6,8-11H2,1H3. The van der Waals surface area contributed by atoms with E-state index < -0.39 is 0 Å². The highest BCUT2D eigenvalue weighted by molar-refractivity contribution is 5.38. The normalized spacial score (nSPS) is 24.5. The Kier molecular flexibility index (Phi) is 2.77. The molecule has 0 spiro atoms. The second-order valence-electron chi connectivity index (χ2n) is 4.85. The maximum Gasteiger partial charge on any atom is 0.0429 e. The third-order valence-corrected chi connectivity index (χ3v) is 3.63. The van der Waals surface area contributed by atoms with Crippen LogP contribution in [0.2, 0.25) is 0 Å². The summed E-state index contributed by atoms with van der Waals surface area (Å²) in [6, 6.07) is 0. The summed E-state index contributed by atoms with van der Waals surface area (Å²) in [7, 11) is 2.19. The lowest BCUT2D eigenvalue weighted by molar-refractivity contribution is 0.189. The molecule has 90 valence electrons. The van der Waals surface area contributed by atoms with E-state index in [2.05, 4.69) is 58.3 Å². The summed E-state index contributed by atoms with van der Waals surface area (Å²) in [5.74, 6) is 0. The maximum absolute atomic E-state index is 2.48. The van der Waals surface area contributed by atoms with E-state index in [0.29, 0.717) is 0 Å². The second kappa shape index (κ2) is 4.41. The molecule has 3 heterocycles. The van der Waals surface area contributed by atoms with Crippen LogP contribution in [0.25, 0.3) is 0 Å². The lowest BCUT2D eigenvalue weighted by atomic mass is 10.1. The molecule has 1 fully saturated rings. The molecule has 0 amide bonds. The van der Waals surface area contributed by atoms with Gasteiger partial charge in [-0.3, -0.25) is 0 Å². The summed E-state index contributed by atoms with van der Waals surface area (Å²) in [6.45, 7) is 5.59. The number of likely N-dealkylation sites (N-methyl/N-ethyl adjacent to an activating group) is 1. The molecule has 3 nitrogen and oxygen atoms in total. The van der Waals surface area contributed by atoms with E-state index in [1.165, 1.54) is 11.4 Å². The van der Waals surface area contributed by atoms with E-state index in [9.17, 15) is 0 Å². The van der Waals surface area contributed by atoms with Gasteiger partial charge in [0.2, 0.25) is 0 Å². The average Bonchev–Trinajstić information content (AvgIpc) is 2.39. The minimum atomic E-state index is 0.995. The summed E-state index contributed by atoms with van der Waals surface area (Å²) < 4.78 is 0. The molecular weight excluding hydrogens is 210 g/mol. The van der Waals surface area contributed by atoms with Crippen molar-refractivity contribution in [2.45, 2.75) is 0 Å². The van der Waals surface area contributed by atoms with Gasteiger partial charge in [-0.1, -0.05) is 12.2 Å². The first kappa shape index (κ1) is 10.7. The van der Waals surface area contributed by atoms with Gasteiger partial charge in [-0.2, -0.15) is 0 Å². The van der Waals surface area contributed by atoms with E-state index in [-0.39, 0.29) is 0 Å². The summed E-state index contributed by atoms with van der Waals surface area (Å²) in [4.78, 5) is 7.14. The fraction of sp³-hybridized carbons (Fsp3) is 0.429. The van der Waals surface area contributed by atoms with Crippen LogP contribution < -0.4 is 0 Å². The van der Waals surface area contributed by atoms with Gasteiger partial charge in [0.05, 0.1) is 0 Å². The van der Waals surface area contributed by atoms with Crippen molar-refractivity contribution >= 4 is 0 Å². The molecule has 0 bridgehead atoms. The Morgan fingerprint density at radius 3 is 2.71 bits per heavy atom. The average molecular weight is 229 g/mol. The smallest absolute Gasteiger partial charge is 0.0429 e. The van der Waals surface area contributed by atoms with Crippen LogP contribution in [-0.2, 0) is 0 Å². The van der Waals surface area contributed by atoms with Crippen molar-refractivity contribution in [3.8, 4) is 0 Å². The van der Waals surface area contributed by atoms with Crippen molar-refractivity contribution in [2.24, 2.45) is 0 Å². The van der Waals surface area contributed by atoms with Crippen molar-refractivity contribution in [3.05, 3.63) is 48.0 Å². The first-order valence-corrected chi connectivity index (χ1v) is 6.30. The molecule has 1 saturated heterocycles. The molecule has 0 aromatic rings. The highest BCUT2D eigenvalue weighted by atomic mass is 15.3. The lowest BCUT2D eigenvalue weighted by Crippen LogP contribution is -2.44. The summed E-state index contributed by atoms with van der Waals surface area (Å²) in [6.07, 6.45) is 13.2. The Bertz CT molecular complexity index is 409. The van der Waals surface area contributed by atoms with Crippen LogP contribution in [0, 0.1) is 0 Å². The fourth-order valence-electron chi connectivity index (χ4n) is 2.45. The van der Waals surface area contributed by atoms with Crippen LogP contribution in [0.5, 0.6) is 0 Å². The molecular formula is C14H19N3. The van der Waals surface area contributed by atoms with Crippen LogP contribution in [0.15, 0.2) is 48.0 Å². The molecule has 0 atom stereocenters. The Morgan fingerprint density at radius 1 is 1.06 bits per heavy atom. The third kappa shape index (κ3) is 2.15. The molecule has 3 heteroatoms. The molecule has 17 heavy (non-hydrogen) atoms. The van der Waals surface area contributed by atoms with Gasteiger partial charge in [-0.25, -0.2) is 0 Å². The zero-order valence-electron chi connectivity index (χ0n) is 10.3. The number of nitrogens with zero attached hydrogens (tertiary/aromatic N) is 3. The van der Waals surface area contributed by atoms with Crippen molar-refractivity contribution < 1.29 is 0 Å². The van der Waals surface area contributed by atoms with E-state index in [1.54, 1.807) is 0 Å². The predicted molar refractivity (Wildman–Crippen MR) is 70.2 cm³/mol. The van der Waals surface area contributed by atoms with Crippen LogP contribution >= 0.6 is 0 Å². The van der Waals surface area contributed by atoms with Gasteiger partial charge in [0.25, 0.3) is 0 Å². The second-order valence-corrected chi connectivity index (χ2v) is 4.85. The van der Waals surface area contributed by atoms with Gasteiger partial charge in [0.1, 0.15) is 0 Å². The van der Waals surface area contributed by atoms with Crippen LogP contribution in [-0.4, -0.2) is 54.5 Å². The van der Waals surface area contributed by atoms with E-state index in [1.807, 2.05) is 0 Å². The van der Waals surface area contributed by atoms with Gasteiger partial charge in [-0.05, 0) is 25.3 Å². The number of piperazine rings is 1. The SMILES string of the molecule is CN1CCN(C2=CC3=CC=CCN3C=C2)CC1. The van der Waals surface area contributed by atoms with E-state index in [0.717, 1.165) is 32.7 Å². The van der Waals surface area contributed by atoms with Crippen molar-refractivity contribution in [2.75, 3.05) is 39.8 Å². The number of hydrogen-bond donors (Lipinski definition) is 0. The molecule has 0 radical (unpaired) electrons. The quantitative estimate of drug-likeness (QED) is 0.673. The number of fused-ring (bicyclic) bond motifs is 1. The monoisotopic (exact) mass is 229 g/mol. The fourth-order valence-corrected chi connectivity index (χ4v) is 2.45. The molecule has 0 aromatic heterocycles. The summed E-state index contributed by atoms with van der Waals surface area (Å²) >= 11 is 0. The lowest BCUT2D eigenvalue weighted by Gasteiger charge is -2.37. The topological polar surface area (TPSA) is 9.72 Å². The first-order chi connectivity index (χ1) is 8.33. The molecule has 0 aliphatic carbocycles. The Morgan fingerprint density at radius 2 is 1.88 bits per heavy atom. The zero-order valence-corrected chi connectivity index (χ0v) is 10.3. The number of allylic oxidation sites excluding steroid dienone is 4. The Labute approximate surface area is 103 Å². The van der Waals surface area contributed by atoms with Gasteiger partial charge >= 0.3 is 0 Å². The Balaban J connectivity index is 1.76. The Hall–Kier alpha value is -1.48. The van der Waals surface area contributed by atoms with Crippen molar-refractivity contribution in [1.82, 2.24) is 14.7 Å². The minimum Gasteiger partial charge on any atom is -0.369 e. The van der Waals surface area contributed by atoms with Crippen LogP contribution in [0.4, 0.5) is 0 Å². The largest absolute Gasteiger partial charge is 0.369 e. The van der Waals surface area contributed by atoms with Crippen LogP contribution in [0.3, 0.4) is 0 Å². The molecule has 0 N–H and O–H groups in total. The highest BCUT2D eigenvalue weighted by Crippen LogP contribution is 2.22. The zero-order chi connectivity index (χ0) is 11.7. The molecule has 0 unspecified atom stereocenters. The maximum atomic E-state index is 2.48. The van der Waals surface area contributed by atoms with E-state index >= 15 is 0 Å². The van der Waals surface area contributed by atoms with Crippen molar-refractivity contribution in [1.29, 1.82) is 0 Å². The number of rotatable bonds is 1. The van der Waals surface area contributed by atoms with Gasteiger partial charge in [-0.15, -0.1) is 0 Å². The van der Waals surface area contributed by atoms with Crippen LogP contribution in [0.1, 0.15) is 0 Å². The first-order valence-electron chi connectivity index (χ1n) is 6.30. The highest BCUT2D eigenvalue weighted by Gasteiger charge is 2.18. The van der Waals surface area contributed by atoms with Gasteiger partial charge in [0.15, 0.2) is 0 Å². The van der Waals surface area contributed by atoms with Gasteiger partial charge < -0.3 is 14.7 Å². The molecule has 3 rings (SSSR count). The van der Waals surface area contributed by atoms with Crippen molar-refractivity contribution in [3.63, 3.8) is 0 Å². The molecule has 3 aliphatic rings. The summed E-state index contributed by atoms with van der Waals surface area (Å²) in [5.41, 5.74) is 2.67. The molecule has 0 aromatic carbocycles. The van der Waals surface area contributed by atoms with Gasteiger partial charge in [0, 0.05) is 50.3 Å². The molecule has 0 saturated carbocycles. The molecule has 3 aliphatic heterocycles. The van der Waals surface area contributed by atoms with E-state index in [4.69, 9.17) is 0 Å². The third-order valence-electron chi connectivity index (χ3n) is 3.63. The number of hydrogen-bond acceptors (Lipinski definition) is 3.